The number of nitrogens with zero attached hydrogens (tertiary/aromatic N) is 1. The Labute approximate surface area is 190 Å². The molecule has 0 saturated carbocycles. The predicted molar refractivity (Wildman–Crippen MR) is 114 cm³/mol. The van der Waals surface area contributed by atoms with Crippen LogP contribution < -0.4 is 0 Å². The molecule has 1 unspecified atom stereocenters. The Balaban J connectivity index is 2.37. The Morgan fingerprint density at radius 1 is 1.03 bits per heavy atom. The van der Waals surface area contributed by atoms with Crippen molar-refractivity contribution < 1.29 is 39.2 Å². The first-order valence-corrected chi connectivity index (χ1v) is 10.0. The number of ether oxygens (including phenoxy) is 1. The molecule has 0 saturated heterocycles. The zero-order chi connectivity index (χ0) is 23.2. The number of nitroso groups, excluding NO2 is 1. The summed E-state index contributed by atoms with van der Waals surface area (Å²) in [5.41, 5.74) is -0.839. The molecule has 3 aromatic rings. The van der Waals surface area contributed by atoms with Crippen molar-refractivity contribution >= 4 is 60.3 Å². The summed E-state index contributed by atoms with van der Waals surface area (Å²) in [4.78, 5) is 35.8. The van der Waals surface area contributed by atoms with Crippen molar-refractivity contribution in [3.05, 3.63) is 42.9 Å². The van der Waals surface area contributed by atoms with E-state index in [1.807, 2.05) is 0 Å². The fourth-order valence-electron chi connectivity index (χ4n) is 3.03. The first kappa shape index (κ1) is 22.6. The second-order valence-corrected chi connectivity index (χ2v) is 8.11. The first-order valence-electron chi connectivity index (χ1n) is 8.46. The van der Waals surface area contributed by atoms with Crippen LogP contribution in [0.15, 0.2) is 30.7 Å². The van der Waals surface area contributed by atoms with Gasteiger partial charge in [-0.25, -0.2) is 0 Å². The van der Waals surface area contributed by atoms with Crippen molar-refractivity contribution in [3.8, 4) is 23.0 Å². The van der Waals surface area contributed by atoms with E-state index in [4.69, 9.17) is 9.15 Å². The Morgan fingerprint density at radius 3 is 2.10 bits per heavy atom. The third-order valence-corrected chi connectivity index (χ3v) is 5.58. The van der Waals surface area contributed by atoms with Gasteiger partial charge in [0.25, 0.3) is 0 Å². The molecule has 10 nitrogen and oxygen atoms in total. The average molecular weight is 559 g/mol. The maximum absolute atomic E-state index is 13.4. The third-order valence-electron chi connectivity index (χ3n) is 4.37. The number of halogens is 2. The maximum atomic E-state index is 13.4. The minimum atomic E-state index is -1.14. The molecule has 1 atom stereocenters. The molecule has 0 amide bonds. The summed E-state index contributed by atoms with van der Waals surface area (Å²) in [6, 6.07) is 2.58. The van der Waals surface area contributed by atoms with Gasteiger partial charge in [-0.05, 0) is 56.1 Å². The van der Waals surface area contributed by atoms with Gasteiger partial charge in [0.15, 0.2) is 29.0 Å². The molecule has 0 bridgehead atoms. The Hall–Kier alpha value is -3.12. The maximum Gasteiger partial charge on any atom is 0.303 e. The fraction of sp³-hybridized carbons (Fsp3) is 0.158. The lowest BCUT2D eigenvalue weighted by atomic mass is 9.97. The molecule has 4 N–H and O–H groups in total. The van der Waals surface area contributed by atoms with E-state index in [0.717, 1.165) is 6.92 Å². The highest BCUT2D eigenvalue weighted by atomic mass is 79.9. The number of hydrogen-bond acceptors (Lipinski definition) is 10. The molecule has 162 valence electrons. The minimum Gasteiger partial charge on any atom is -0.504 e. The van der Waals surface area contributed by atoms with Gasteiger partial charge in [0.05, 0.1) is 10.9 Å². The number of phenolic OH excluding ortho intramolecular Hbond substituents is 4. The zero-order valence-electron chi connectivity index (χ0n) is 15.8. The summed E-state index contributed by atoms with van der Waals surface area (Å²) >= 11 is 6.27. The fourth-order valence-corrected chi connectivity index (χ4v) is 4.37. The molecule has 0 aliphatic heterocycles. The van der Waals surface area contributed by atoms with Crippen LogP contribution in [0.5, 0.6) is 23.0 Å². The lowest BCUT2D eigenvalue weighted by Crippen LogP contribution is -2.10. The van der Waals surface area contributed by atoms with Crippen LogP contribution in [0.1, 0.15) is 41.6 Å². The van der Waals surface area contributed by atoms with Crippen LogP contribution in [0.25, 0.3) is 11.0 Å². The number of furan rings is 1. The molecule has 31 heavy (non-hydrogen) atoms. The zero-order valence-corrected chi connectivity index (χ0v) is 18.9. The van der Waals surface area contributed by atoms with Gasteiger partial charge in [0.2, 0.25) is 17.2 Å². The molecule has 2 aromatic carbocycles. The van der Waals surface area contributed by atoms with Crippen molar-refractivity contribution in [1.29, 1.82) is 0 Å². The number of hydrogen-bond donors (Lipinski definition) is 4. The highest BCUT2D eigenvalue weighted by molar-refractivity contribution is 9.11. The van der Waals surface area contributed by atoms with Crippen LogP contribution in [0, 0.1) is 4.91 Å². The quantitative estimate of drug-likeness (QED) is 0.110. The van der Waals surface area contributed by atoms with E-state index >= 15 is 0 Å². The van der Waals surface area contributed by atoms with Crippen molar-refractivity contribution in [2.24, 2.45) is 5.18 Å². The minimum absolute atomic E-state index is 0.00317. The van der Waals surface area contributed by atoms with Gasteiger partial charge in [0, 0.05) is 21.4 Å². The van der Waals surface area contributed by atoms with Gasteiger partial charge in [-0.15, -0.1) is 4.91 Å². The molecular formula is C19H13Br2NO9. The lowest BCUT2D eigenvalue weighted by molar-refractivity contribution is -0.146. The van der Waals surface area contributed by atoms with Gasteiger partial charge >= 0.3 is 5.97 Å². The van der Waals surface area contributed by atoms with Crippen molar-refractivity contribution in [2.45, 2.75) is 20.0 Å². The highest BCUT2D eigenvalue weighted by Gasteiger charge is 2.33. The van der Waals surface area contributed by atoms with E-state index in [-0.39, 0.29) is 31.5 Å². The second kappa shape index (κ2) is 8.19. The van der Waals surface area contributed by atoms with E-state index in [1.54, 1.807) is 0 Å². The number of ketones is 1. The molecule has 0 aliphatic carbocycles. The van der Waals surface area contributed by atoms with E-state index in [1.165, 1.54) is 19.1 Å². The van der Waals surface area contributed by atoms with Gasteiger partial charge in [-0.2, -0.15) is 0 Å². The smallest absolute Gasteiger partial charge is 0.303 e. The number of carbonyl (C=O) groups excluding carboxylic acids is 2. The van der Waals surface area contributed by atoms with Crippen LogP contribution in [0.3, 0.4) is 0 Å². The topological polar surface area (TPSA) is 167 Å². The molecule has 0 fully saturated rings. The molecule has 1 aromatic heterocycles. The lowest BCUT2D eigenvalue weighted by Gasteiger charge is -2.12. The number of carbonyl (C=O) groups is 2. The summed E-state index contributed by atoms with van der Waals surface area (Å²) in [6.07, 6.45) is -1.14. The Kier molecular flexibility index (Phi) is 5.96. The average Bonchev–Trinajstić information content (AvgIpc) is 3.10. The van der Waals surface area contributed by atoms with Gasteiger partial charge in [-0.1, -0.05) is 0 Å². The van der Waals surface area contributed by atoms with Gasteiger partial charge < -0.3 is 29.6 Å². The summed E-state index contributed by atoms with van der Waals surface area (Å²) in [7, 11) is 0. The molecule has 0 spiro atoms. The van der Waals surface area contributed by atoms with Crippen molar-refractivity contribution in [1.82, 2.24) is 0 Å². The number of benzene rings is 2. The van der Waals surface area contributed by atoms with E-state index in [9.17, 15) is 34.9 Å². The molecule has 0 radical (unpaired) electrons. The number of esters is 1. The number of fused-ring (bicyclic) bond motifs is 1. The van der Waals surface area contributed by atoms with E-state index in [2.05, 4.69) is 37.0 Å². The SMILES string of the molecule is CC(=O)OC(C)c1oc2c(O)c(O)c(O)c(O)c2c1C(=O)c1cc(Br)c(N=O)c(Br)c1. The summed E-state index contributed by atoms with van der Waals surface area (Å²) in [5, 5.41) is 42.8. The van der Waals surface area contributed by atoms with Crippen molar-refractivity contribution in [3.63, 3.8) is 0 Å². The monoisotopic (exact) mass is 557 g/mol. The van der Waals surface area contributed by atoms with Crippen LogP contribution in [0.2, 0.25) is 0 Å². The van der Waals surface area contributed by atoms with Crippen molar-refractivity contribution in [2.75, 3.05) is 0 Å². The number of aromatic hydroxyl groups is 4. The van der Waals surface area contributed by atoms with E-state index < -0.39 is 51.8 Å². The second-order valence-electron chi connectivity index (χ2n) is 6.40. The number of phenols is 4. The van der Waals surface area contributed by atoms with Crippen LogP contribution in [0.4, 0.5) is 5.69 Å². The third kappa shape index (κ3) is 3.72. The molecule has 1 heterocycles. The summed E-state index contributed by atoms with van der Waals surface area (Å²) in [6.45, 7) is 2.52. The summed E-state index contributed by atoms with van der Waals surface area (Å²) in [5.74, 6) is -5.71. The summed E-state index contributed by atoms with van der Waals surface area (Å²) < 4.78 is 10.9. The van der Waals surface area contributed by atoms with Crippen LogP contribution >= 0.6 is 31.9 Å². The van der Waals surface area contributed by atoms with Crippen LogP contribution in [-0.4, -0.2) is 32.2 Å². The predicted octanol–water partition coefficient (Wildman–Crippen LogP) is 5.03. The molecular weight excluding hydrogens is 546 g/mol. The Bertz CT molecular complexity index is 1240. The van der Waals surface area contributed by atoms with Gasteiger partial charge in [-0.3, -0.25) is 9.59 Å². The largest absolute Gasteiger partial charge is 0.504 e. The van der Waals surface area contributed by atoms with E-state index in [0.29, 0.717) is 0 Å². The molecule has 3 rings (SSSR count). The van der Waals surface area contributed by atoms with Gasteiger partial charge in [0.1, 0.15) is 5.69 Å². The normalized spacial score (nSPS) is 12.0. The number of rotatable bonds is 5. The highest BCUT2D eigenvalue weighted by Crippen LogP contribution is 2.52. The Morgan fingerprint density at radius 2 is 1.58 bits per heavy atom. The standard InChI is InChI=1S/C19H13Br2NO9/c1-5(30-6(2)23)18-10(11-14(25)15(26)16(27)17(28)19(11)31-18)13(24)7-3-8(20)12(22-29)9(21)4-7/h3-5,25-28H,1-2H3. The molecule has 0 aliphatic rings. The molecule has 12 heteroatoms. The first-order chi connectivity index (χ1) is 14.5. The van der Waals surface area contributed by atoms with Crippen LogP contribution in [-0.2, 0) is 9.53 Å².